The van der Waals surface area contributed by atoms with Gasteiger partial charge in [0.25, 0.3) is 11.8 Å². The Bertz CT molecular complexity index is 1000. The Labute approximate surface area is 175 Å². The molecule has 30 heavy (non-hydrogen) atoms. The van der Waals surface area contributed by atoms with Crippen molar-refractivity contribution in [1.29, 1.82) is 0 Å². The lowest BCUT2D eigenvalue weighted by molar-refractivity contribution is 0.0960. The highest BCUT2D eigenvalue weighted by Crippen LogP contribution is 2.26. The minimum absolute atomic E-state index is 0.116. The molecule has 10 heteroatoms. The summed E-state index contributed by atoms with van der Waals surface area (Å²) in [5.74, 6) is -0.797. The third-order valence-electron chi connectivity index (χ3n) is 4.46. The lowest BCUT2D eigenvalue weighted by atomic mass is 9.98. The maximum Gasteiger partial charge on any atom is 0.274 e. The van der Waals surface area contributed by atoms with Crippen LogP contribution in [0.25, 0.3) is 0 Å². The standard InChI is InChI=1S/C20H25FN4O4S/c1-13(2)30(28,29)24-12-20(3,21)15-6-8-16(9-7-15)25-19(27)17-10-5-14(11-23-17)18(26)22-4/h5-11,13,24H,12H2,1-4H3,(H,22,26)(H,25,27). The highest BCUT2D eigenvalue weighted by Gasteiger charge is 2.29. The minimum atomic E-state index is -3.58. The Morgan fingerprint density at radius 3 is 2.23 bits per heavy atom. The molecule has 8 nitrogen and oxygen atoms in total. The number of amides is 2. The maximum atomic E-state index is 15.0. The van der Waals surface area contributed by atoms with E-state index in [1.54, 1.807) is 0 Å². The zero-order chi connectivity index (χ0) is 22.5. The molecule has 0 radical (unpaired) electrons. The number of sulfonamides is 1. The van der Waals surface area contributed by atoms with Gasteiger partial charge in [-0.05, 0) is 50.6 Å². The molecule has 1 aromatic carbocycles. The summed E-state index contributed by atoms with van der Waals surface area (Å²) in [6.45, 7) is 3.90. The number of hydrogen-bond acceptors (Lipinski definition) is 5. The Kier molecular flexibility index (Phi) is 7.27. The first-order chi connectivity index (χ1) is 14.0. The summed E-state index contributed by atoms with van der Waals surface area (Å²) in [5.41, 5.74) is -0.805. The van der Waals surface area contributed by atoms with Crippen LogP contribution in [0.4, 0.5) is 10.1 Å². The van der Waals surface area contributed by atoms with E-state index in [1.165, 1.54) is 70.4 Å². The first kappa shape index (κ1) is 23.4. The van der Waals surface area contributed by atoms with E-state index in [9.17, 15) is 22.4 Å². The summed E-state index contributed by atoms with van der Waals surface area (Å²) in [5, 5.41) is 4.43. The molecule has 1 atom stereocenters. The molecule has 0 aliphatic heterocycles. The van der Waals surface area contributed by atoms with Crippen LogP contribution in [0.1, 0.15) is 47.2 Å². The van der Waals surface area contributed by atoms with E-state index in [0.717, 1.165) is 0 Å². The highest BCUT2D eigenvalue weighted by atomic mass is 32.2. The number of anilines is 1. The largest absolute Gasteiger partial charge is 0.355 e. The van der Waals surface area contributed by atoms with E-state index in [4.69, 9.17) is 0 Å². The molecule has 0 saturated heterocycles. The van der Waals surface area contributed by atoms with Gasteiger partial charge in [-0.1, -0.05) is 12.1 Å². The zero-order valence-corrected chi connectivity index (χ0v) is 18.0. The van der Waals surface area contributed by atoms with Crippen LogP contribution in [-0.2, 0) is 15.7 Å². The van der Waals surface area contributed by atoms with Crippen molar-refractivity contribution in [3.63, 3.8) is 0 Å². The molecule has 0 saturated carbocycles. The summed E-state index contributed by atoms with van der Waals surface area (Å²) < 4.78 is 40.9. The number of alkyl halides is 1. The normalized spacial score (nSPS) is 13.5. The first-order valence-corrected chi connectivity index (χ1v) is 10.8. The first-order valence-electron chi connectivity index (χ1n) is 9.23. The molecule has 162 valence electrons. The van der Waals surface area contributed by atoms with Gasteiger partial charge in [0.2, 0.25) is 10.0 Å². The highest BCUT2D eigenvalue weighted by molar-refractivity contribution is 7.90. The zero-order valence-electron chi connectivity index (χ0n) is 17.2. The molecule has 3 N–H and O–H groups in total. The van der Waals surface area contributed by atoms with Gasteiger partial charge in [-0.3, -0.25) is 14.6 Å². The number of benzene rings is 1. The Morgan fingerprint density at radius 2 is 1.73 bits per heavy atom. The maximum absolute atomic E-state index is 15.0. The van der Waals surface area contributed by atoms with E-state index >= 15 is 0 Å². The Morgan fingerprint density at radius 1 is 1.10 bits per heavy atom. The topological polar surface area (TPSA) is 117 Å². The van der Waals surface area contributed by atoms with Gasteiger partial charge in [-0.15, -0.1) is 0 Å². The monoisotopic (exact) mass is 436 g/mol. The fourth-order valence-electron chi connectivity index (χ4n) is 2.41. The van der Waals surface area contributed by atoms with Gasteiger partial charge in [0.1, 0.15) is 11.4 Å². The summed E-state index contributed by atoms with van der Waals surface area (Å²) in [7, 11) is -2.09. The van der Waals surface area contributed by atoms with Crippen LogP contribution in [0, 0.1) is 0 Å². The molecule has 0 aliphatic carbocycles. The number of hydrogen-bond donors (Lipinski definition) is 3. The summed E-state index contributed by atoms with van der Waals surface area (Å²) in [6.07, 6.45) is 1.30. The van der Waals surface area contributed by atoms with Gasteiger partial charge in [0.05, 0.1) is 10.8 Å². The molecule has 2 aromatic rings. The number of carbonyl (C=O) groups excluding carboxylic acids is 2. The minimum Gasteiger partial charge on any atom is -0.355 e. The molecular formula is C20H25FN4O4S. The van der Waals surface area contributed by atoms with E-state index in [-0.39, 0.29) is 17.2 Å². The van der Waals surface area contributed by atoms with Crippen LogP contribution in [0.5, 0.6) is 0 Å². The number of pyridine rings is 1. The Balaban J connectivity index is 2.04. The number of nitrogens with one attached hydrogen (secondary N) is 3. The van der Waals surface area contributed by atoms with Crippen molar-refractivity contribution < 1.29 is 22.4 Å². The van der Waals surface area contributed by atoms with Crippen LogP contribution in [-0.4, -0.2) is 44.1 Å². The van der Waals surface area contributed by atoms with Crippen LogP contribution >= 0.6 is 0 Å². The van der Waals surface area contributed by atoms with Gasteiger partial charge < -0.3 is 10.6 Å². The molecule has 0 spiro atoms. The van der Waals surface area contributed by atoms with Crippen molar-refractivity contribution in [3.8, 4) is 0 Å². The third kappa shape index (κ3) is 5.83. The molecule has 1 heterocycles. The number of nitrogens with zero attached hydrogens (tertiary/aromatic N) is 1. The average molecular weight is 437 g/mol. The van der Waals surface area contributed by atoms with Gasteiger partial charge in [-0.25, -0.2) is 17.5 Å². The lowest BCUT2D eigenvalue weighted by Gasteiger charge is -2.22. The quantitative estimate of drug-likeness (QED) is 0.587. The van der Waals surface area contributed by atoms with Crippen LogP contribution in [0.15, 0.2) is 42.6 Å². The van der Waals surface area contributed by atoms with E-state index in [1.807, 2.05) is 0 Å². The number of carbonyl (C=O) groups is 2. The second kappa shape index (κ2) is 9.31. The second-order valence-corrected chi connectivity index (χ2v) is 9.48. The molecule has 1 unspecified atom stereocenters. The molecule has 2 amide bonds. The molecular weight excluding hydrogens is 411 g/mol. The summed E-state index contributed by atoms with van der Waals surface area (Å²) in [6, 6.07) is 8.88. The summed E-state index contributed by atoms with van der Waals surface area (Å²) >= 11 is 0. The van der Waals surface area contributed by atoms with E-state index < -0.39 is 33.4 Å². The molecule has 1 aromatic heterocycles. The van der Waals surface area contributed by atoms with E-state index in [0.29, 0.717) is 11.3 Å². The van der Waals surface area contributed by atoms with Crippen LogP contribution in [0.3, 0.4) is 0 Å². The van der Waals surface area contributed by atoms with Gasteiger partial charge >= 0.3 is 0 Å². The smallest absolute Gasteiger partial charge is 0.274 e. The lowest BCUT2D eigenvalue weighted by Crippen LogP contribution is -2.39. The van der Waals surface area contributed by atoms with Crippen LogP contribution in [0.2, 0.25) is 0 Å². The predicted molar refractivity (Wildman–Crippen MR) is 113 cm³/mol. The van der Waals surface area contributed by atoms with Crippen molar-refractivity contribution in [2.24, 2.45) is 0 Å². The number of aromatic nitrogens is 1. The molecule has 0 fully saturated rings. The fraction of sp³-hybridized carbons (Fsp3) is 0.350. The van der Waals surface area contributed by atoms with Gasteiger partial charge in [0.15, 0.2) is 0 Å². The van der Waals surface area contributed by atoms with Crippen molar-refractivity contribution in [3.05, 3.63) is 59.4 Å². The second-order valence-electron chi connectivity index (χ2n) is 7.16. The average Bonchev–Trinajstić information content (AvgIpc) is 2.72. The van der Waals surface area contributed by atoms with Crippen molar-refractivity contribution in [2.45, 2.75) is 31.7 Å². The Hall–Kier alpha value is -2.85. The molecule has 0 aliphatic rings. The van der Waals surface area contributed by atoms with Crippen LogP contribution < -0.4 is 15.4 Å². The fourth-order valence-corrected chi connectivity index (χ4v) is 3.21. The van der Waals surface area contributed by atoms with Crippen molar-refractivity contribution in [2.75, 3.05) is 18.9 Å². The van der Waals surface area contributed by atoms with Crippen molar-refractivity contribution >= 4 is 27.5 Å². The molecule has 0 bridgehead atoms. The molecule has 2 rings (SSSR count). The number of rotatable bonds is 8. The summed E-state index contributed by atoms with van der Waals surface area (Å²) in [4.78, 5) is 27.8. The van der Waals surface area contributed by atoms with Gasteiger partial charge in [-0.2, -0.15) is 0 Å². The van der Waals surface area contributed by atoms with E-state index in [2.05, 4.69) is 20.3 Å². The third-order valence-corrected chi connectivity index (χ3v) is 6.24. The number of halogens is 1. The van der Waals surface area contributed by atoms with Crippen molar-refractivity contribution in [1.82, 2.24) is 15.0 Å². The van der Waals surface area contributed by atoms with Gasteiger partial charge in [0, 0.05) is 25.5 Å². The predicted octanol–water partition coefficient (Wildman–Crippen LogP) is 2.21. The SMILES string of the molecule is CNC(=O)c1ccc(C(=O)Nc2ccc(C(C)(F)CNS(=O)(=O)C(C)C)cc2)nc1.